The van der Waals surface area contributed by atoms with E-state index in [2.05, 4.69) is 4.99 Å². The molecule has 0 saturated carbocycles. The molecular weight excluding hydrogens is 334 g/mol. The van der Waals surface area contributed by atoms with Crippen LogP contribution < -0.4 is 4.90 Å². The Morgan fingerprint density at radius 3 is 2.46 bits per heavy atom. The minimum atomic E-state index is -0.583. The molecule has 0 radical (unpaired) electrons. The van der Waals surface area contributed by atoms with Gasteiger partial charge in [0, 0.05) is 37.0 Å². The number of hydrogen-bond donors (Lipinski definition) is 0. The van der Waals surface area contributed by atoms with E-state index in [-0.39, 0.29) is 17.3 Å². The van der Waals surface area contributed by atoms with Gasteiger partial charge in [0.1, 0.15) is 0 Å². The first-order valence-electron chi connectivity index (χ1n) is 7.90. The maximum Gasteiger partial charge on any atom is 0.363 e. The van der Waals surface area contributed by atoms with E-state index in [1.54, 1.807) is 25.1 Å². The third-order valence-corrected chi connectivity index (χ3v) is 3.99. The molecule has 3 rings (SSSR count). The number of hydrogen-bond acceptors (Lipinski definition) is 6. The van der Waals surface area contributed by atoms with Crippen LogP contribution in [0.5, 0.6) is 0 Å². The first-order chi connectivity index (χ1) is 12.3. The van der Waals surface area contributed by atoms with Crippen molar-refractivity contribution in [2.75, 3.05) is 19.0 Å². The number of carbonyl (C=O) groups excluding carboxylic acids is 1. The van der Waals surface area contributed by atoms with Crippen molar-refractivity contribution in [2.24, 2.45) is 4.99 Å². The van der Waals surface area contributed by atoms with Gasteiger partial charge < -0.3 is 9.64 Å². The number of cyclic esters (lactones) is 1. The highest BCUT2D eigenvalue weighted by molar-refractivity contribution is 6.13. The minimum absolute atomic E-state index is 0.0436. The lowest BCUT2D eigenvalue weighted by Gasteiger charge is -2.11. The predicted molar refractivity (Wildman–Crippen MR) is 99.2 cm³/mol. The molecule has 1 aliphatic heterocycles. The number of esters is 1. The molecule has 0 fully saturated rings. The Hall–Kier alpha value is -3.48. The van der Waals surface area contributed by atoms with Gasteiger partial charge in [0.15, 0.2) is 5.70 Å². The molecule has 0 aromatic heterocycles. The molecule has 0 N–H and O–H groups in total. The number of aryl methyl sites for hydroxylation is 1. The number of aliphatic imine (C=N–C) groups is 1. The third kappa shape index (κ3) is 3.46. The summed E-state index contributed by atoms with van der Waals surface area (Å²) in [6.07, 6.45) is 1.62. The summed E-state index contributed by atoms with van der Waals surface area (Å²) in [7, 11) is 3.89. The zero-order valence-corrected chi connectivity index (χ0v) is 14.6. The Bertz CT molecular complexity index is 944. The smallest absolute Gasteiger partial charge is 0.363 e. The van der Waals surface area contributed by atoms with Crippen LogP contribution in [-0.2, 0) is 9.53 Å². The van der Waals surface area contributed by atoms with E-state index in [0.717, 1.165) is 11.3 Å². The number of carbonyl (C=O) groups is 1. The number of ether oxygens (including phenoxy) is 1. The SMILES string of the molecule is Cc1ccc(C2=N/C(=C\c3ccc(N(C)C)cc3)C(=O)O2)cc1[N+](=O)[O-]. The monoisotopic (exact) mass is 351 g/mol. The molecule has 0 saturated heterocycles. The number of nitro groups is 1. The van der Waals surface area contributed by atoms with Crippen molar-refractivity contribution in [1.29, 1.82) is 0 Å². The van der Waals surface area contributed by atoms with Crippen LogP contribution in [0.4, 0.5) is 11.4 Å². The van der Waals surface area contributed by atoms with Gasteiger partial charge >= 0.3 is 5.97 Å². The van der Waals surface area contributed by atoms with Crippen LogP contribution in [0.3, 0.4) is 0 Å². The second-order valence-electron chi connectivity index (χ2n) is 6.08. The van der Waals surface area contributed by atoms with Crippen molar-refractivity contribution in [1.82, 2.24) is 0 Å². The van der Waals surface area contributed by atoms with E-state index in [4.69, 9.17) is 4.74 Å². The summed E-state index contributed by atoms with van der Waals surface area (Å²) < 4.78 is 5.18. The Kier molecular flexibility index (Phi) is 4.53. The van der Waals surface area contributed by atoms with E-state index in [0.29, 0.717) is 11.1 Å². The predicted octanol–water partition coefficient (Wildman–Crippen LogP) is 3.31. The highest BCUT2D eigenvalue weighted by atomic mass is 16.6. The molecule has 1 heterocycles. The average Bonchev–Trinajstić information content (AvgIpc) is 2.96. The summed E-state index contributed by atoms with van der Waals surface area (Å²) >= 11 is 0. The highest BCUT2D eigenvalue weighted by Gasteiger charge is 2.25. The van der Waals surface area contributed by atoms with Gasteiger partial charge in [-0.1, -0.05) is 18.2 Å². The number of anilines is 1. The molecule has 26 heavy (non-hydrogen) atoms. The van der Waals surface area contributed by atoms with Crippen molar-refractivity contribution in [3.05, 3.63) is 75.0 Å². The summed E-state index contributed by atoms with van der Waals surface area (Å²) in [5.74, 6) is -0.519. The first-order valence-corrected chi connectivity index (χ1v) is 7.90. The van der Waals surface area contributed by atoms with Crippen LogP contribution >= 0.6 is 0 Å². The van der Waals surface area contributed by atoms with E-state index < -0.39 is 10.9 Å². The number of nitro benzene ring substituents is 1. The molecule has 0 aliphatic carbocycles. The third-order valence-electron chi connectivity index (χ3n) is 3.99. The Labute approximate surface area is 150 Å². The molecule has 7 heteroatoms. The molecule has 7 nitrogen and oxygen atoms in total. The summed E-state index contributed by atoms with van der Waals surface area (Å²) in [4.78, 5) is 28.8. The molecule has 0 unspecified atom stereocenters. The lowest BCUT2D eigenvalue weighted by Crippen LogP contribution is -2.08. The average molecular weight is 351 g/mol. The fraction of sp³-hybridized carbons (Fsp3) is 0.158. The zero-order chi connectivity index (χ0) is 18.8. The fourth-order valence-electron chi connectivity index (χ4n) is 2.50. The molecule has 2 aromatic carbocycles. The molecule has 2 aromatic rings. The van der Waals surface area contributed by atoms with Crippen LogP contribution in [0.1, 0.15) is 16.7 Å². The lowest BCUT2D eigenvalue weighted by molar-refractivity contribution is -0.385. The summed E-state index contributed by atoms with van der Waals surface area (Å²) in [6, 6.07) is 12.2. The molecule has 0 amide bonds. The van der Waals surface area contributed by atoms with Gasteiger partial charge in [-0.2, -0.15) is 0 Å². The standard InChI is InChI=1S/C19H17N3O4/c1-12-4-7-14(11-17(12)22(24)25)18-20-16(19(23)26-18)10-13-5-8-15(9-6-13)21(2)3/h4-11H,1-3H3/b16-10-. The maximum absolute atomic E-state index is 12.1. The Balaban J connectivity index is 1.91. The van der Waals surface area contributed by atoms with Crippen LogP contribution in [0, 0.1) is 17.0 Å². The van der Waals surface area contributed by atoms with Crippen molar-refractivity contribution in [3.8, 4) is 0 Å². The van der Waals surface area contributed by atoms with Crippen LogP contribution in [0.2, 0.25) is 0 Å². The quantitative estimate of drug-likeness (QED) is 0.365. The number of nitrogens with zero attached hydrogens (tertiary/aromatic N) is 3. The van der Waals surface area contributed by atoms with Crippen LogP contribution in [0.15, 0.2) is 53.2 Å². The molecule has 1 aliphatic rings. The lowest BCUT2D eigenvalue weighted by atomic mass is 10.1. The van der Waals surface area contributed by atoms with E-state index >= 15 is 0 Å². The Morgan fingerprint density at radius 2 is 1.85 bits per heavy atom. The van der Waals surface area contributed by atoms with Crippen molar-refractivity contribution < 1.29 is 14.5 Å². The number of benzene rings is 2. The van der Waals surface area contributed by atoms with Crippen molar-refractivity contribution in [3.63, 3.8) is 0 Å². The van der Waals surface area contributed by atoms with Gasteiger partial charge in [-0.15, -0.1) is 0 Å². The van der Waals surface area contributed by atoms with Gasteiger partial charge in [-0.05, 0) is 36.8 Å². The first kappa shape index (κ1) is 17.3. The van der Waals surface area contributed by atoms with Crippen molar-refractivity contribution in [2.45, 2.75) is 6.92 Å². The van der Waals surface area contributed by atoms with Gasteiger partial charge in [0.05, 0.1) is 4.92 Å². The minimum Gasteiger partial charge on any atom is -0.402 e. The molecule has 132 valence electrons. The van der Waals surface area contributed by atoms with Gasteiger partial charge in [0.2, 0.25) is 5.90 Å². The zero-order valence-electron chi connectivity index (χ0n) is 14.6. The fourth-order valence-corrected chi connectivity index (χ4v) is 2.50. The second kappa shape index (κ2) is 6.79. The molecule has 0 atom stereocenters. The molecule has 0 spiro atoms. The summed E-state index contributed by atoms with van der Waals surface area (Å²) in [5, 5.41) is 11.1. The molecule has 0 bridgehead atoms. The summed E-state index contributed by atoms with van der Waals surface area (Å²) in [5.41, 5.74) is 2.88. The van der Waals surface area contributed by atoms with Gasteiger partial charge in [-0.3, -0.25) is 10.1 Å². The van der Waals surface area contributed by atoms with Crippen LogP contribution in [0.25, 0.3) is 6.08 Å². The summed E-state index contributed by atoms with van der Waals surface area (Å²) in [6.45, 7) is 1.65. The van der Waals surface area contributed by atoms with Gasteiger partial charge in [0.25, 0.3) is 5.69 Å². The van der Waals surface area contributed by atoms with E-state index in [1.165, 1.54) is 6.07 Å². The van der Waals surface area contributed by atoms with Crippen molar-refractivity contribution >= 4 is 29.3 Å². The topological polar surface area (TPSA) is 85.0 Å². The largest absolute Gasteiger partial charge is 0.402 e. The maximum atomic E-state index is 12.1. The second-order valence-corrected chi connectivity index (χ2v) is 6.08. The number of rotatable bonds is 4. The molecular formula is C19H17N3O4. The van der Waals surface area contributed by atoms with E-state index in [1.807, 2.05) is 43.3 Å². The highest BCUT2D eigenvalue weighted by Crippen LogP contribution is 2.24. The van der Waals surface area contributed by atoms with Crippen LogP contribution in [-0.4, -0.2) is 30.9 Å². The van der Waals surface area contributed by atoms with Gasteiger partial charge in [-0.25, -0.2) is 9.79 Å². The normalized spacial score (nSPS) is 15.0. The van der Waals surface area contributed by atoms with E-state index in [9.17, 15) is 14.9 Å². The Morgan fingerprint density at radius 1 is 1.15 bits per heavy atom.